The summed E-state index contributed by atoms with van der Waals surface area (Å²) in [5.41, 5.74) is 1.25. The normalized spacial score (nSPS) is 10.6. The molecule has 0 bridgehead atoms. The van der Waals surface area contributed by atoms with Crippen LogP contribution in [0.5, 0.6) is 0 Å². The summed E-state index contributed by atoms with van der Waals surface area (Å²) in [6.45, 7) is -0.288. The summed E-state index contributed by atoms with van der Waals surface area (Å²) in [6.07, 6.45) is 3.30. The first kappa shape index (κ1) is 6.30. The maximum absolute atomic E-state index is 10.4. The van der Waals surface area contributed by atoms with Crippen molar-refractivity contribution >= 4 is 5.65 Å². The quantitative estimate of drug-likeness (QED) is 0.596. The van der Waals surface area contributed by atoms with Crippen LogP contribution in [0.3, 0.4) is 0 Å². The van der Waals surface area contributed by atoms with Crippen LogP contribution in [0.4, 0.5) is 0 Å². The second-order valence-electron chi connectivity index (χ2n) is 2.20. The first-order chi connectivity index (χ1) is 5.40. The highest BCUT2D eigenvalue weighted by Crippen LogP contribution is 2.01. The van der Waals surface area contributed by atoms with Gasteiger partial charge >= 0.3 is 0 Å². The average Bonchev–Trinajstić information content (AvgIpc) is 2.46. The molecule has 2 aromatic rings. The second-order valence-corrected chi connectivity index (χ2v) is 2.20. The molecule has 55 valence electrons. The molecular weight excluding hydrogens is 142 g/mol. The molecule has 0 unspecified atom stereocenters. The molecule has 2 aromatic heterocycles. The molecule has 0 amide bonds. The van der Waals surface area contributed by atoms with Gasteiger partial charge in [0.05, 0.1) is 11.9 Å². The van der Waals surface area contributed by atoms with Crippen LogP contribution in [-0.4, -0.2) is 14.6 Å². The fourth-order valence-electron chi connectivity index (χ4n) is 0.950. The summed E-state index contributed by atoms with van der Waals surface area (Å²) in [4.78, 5) is 4.02. The lowest BCUT2D eigenvalue weighted by Crippen LogP contribution is -1.85. The van der Waals surface area contributed by atoms with E-state index >= 15 is 0 Å². The lowest BCUT2D eigenvalue weighted by molar-refractivity contribution is 0.174. The molecular formula is C7H6N3O. The molecule has 0 N–H and O–H groups in total. The van der Waals surface area contributed by atoms with E-state index in [0.29, 0.717) is 5.69 Å². The molecule has 0 aliphatic rings. The highest BCUT2D eigenvalue weighted by molar-refractivity contribution is 5.36. The van der Waals surface area contributed by atoms with Gasteiger partial charge in [0.15, 0.2) is 5.65 Å². The van der Waals surface area contributed by atoms with Gasteiger partial charge in [0.2, 0.25) is 0 Å². The van der Waals surface area contributed by atoms with Gasteiger partial charge in [-0.1, -0.05) is 0 Å². The van der Waals surface area contributed by atoms with E-state index in [9.17, 15) is 5.11 Å². The van der Waals surface area contributed by atoms with Crippen LogP contribution in [0.2, 0.25) is 0 Å². The zero-order chi connectivity index (χ0) is 7.68. The lowest BCUT2D eigenvalue weighted by Gasteiger charge is -1.85. The molecule has 0 aliphatic heterocycles. The summed E-state index contributed by atoms with van der Waals surface area (Å²) in [6, 6.07) is 3.60. The Kier molecular flexibility index (Phi) is 1.33. The predicted octanol–water partition coefficient (Wildman–Crippen LogP) is 0.660. The van der Waals surface area contributed by atoms with Crippen LogP contribution in [-0.2, 0) is 11.7 Å². The molecule has 0 aromatic carbocycles. The number of nitrogens with zero attached hydrogens (tertiary/aromatic N) is 3. The van der Waals surface area contributed by atoms with Crippen molar-refractivity contribution in [2.45, 2.75) is 6.61 Å². The van der Waals surface area contributed by atoms with Gasteiger partial charge in [-0.2, -0.15) is 5.10 Å². The van der Waals surface area contributed by atoms with Crippen LogP contribution < -0.4 is 0 Å². The van der Waals surface area contributed by atoms with Crippen molar-refractivity contribution in [3.8, 4) is 0 Å². The SMILES string of the molecule is [O]Cc1cn2ncccc2n1. The van der Waals surface area contributed by atoms with E-state index in [1.165, 1.54) is 0 Å². The smallest absolute Gasteiger partial charge is 0.153 e. The topological polar surface area (TPSA) is 50.1 Å². The summed E-state index contributed by atoms with van der Waals surface area (Å²) < 4.78 is 1.59. The van der Waals surface area contributed by atoms with E-state index in [1.807, 2.05) is 6.07 Å². The molecule has 11 heavy (non-hydrogen) atoms. The van der Waals surface area contributed by atoms with E-state index in [0.717, 1.165) is 5.65 Å². The zero-order valence-corrected chi connectivity index (χ0v) is 5.77. The molecule has 0 saturated heterocycles. The van der Waals surface area contributed by atoms with Gasteiger partial charge < -0.3 is 0 Å². The lowest BCUT2D eigenvalue weighted by atomic mass is 10.5. The number of aromatic nitrogens is 3. The third-order valence-corrected chi connectivity index (χ3v) is 1.43. The Labute approximate surface area is 63.1 Å². The molecule has 0 aliphatic carbocycles. The fourth-order valence-corrected chi connectivity index (χ4v) is 0.950. The summed E-state index contributed by atoms with van der Waals surface area (Å²) in [7, 11) is 0. The van der Waals surface area contributed by atoms with Gasteiger partial charge in [0, 0.05) is 6.20 Å². The highest BCUT2D eigenvalue weighted by atomic mass is 16.3. The molecule has 0 fully saturated rings. The first-order valence-electron chi connectivity index (χ1n) is 3.27. The van der Waals surface area contributed by atoms with Gasteiger partial charge in [-0.25, -0.2) is 14.6 Å². The first-order valence-corrected chi connectivity index (χ1v) is 3.27. The minimum absolute atomic E-state index is 0.288. The number of fused-ring (bicyclic) bond motifs is 1. The van der Waals surface area contributed by atoms with Crippen molar-refractivity contribution in [3.63, 3.8) is 0 Å². The molecule has 4 nitrogen and oxygen atoms in total. The van der Waals surface area contributed by atoms with Crippen molar-refractivity contribution in [1.82, 2.24) is 14.6 Å². The van der Waals surface area contributed by atoms with E-state index < -0.39 is 0 Å². The monoisotopic (exact) mass is 148 g/mol. The summed E-state index contributed by atoms with van der Waals surface area (Å²) in [5.74, 6) is 0. The highest BCUT2D eigenvalue weighted by Gasteiger charge is 1.98. The predicted molar refractivity (Wildman–Crippen MR) is 37.4 cm³/mol. The van der Waals surface area contributed by atoms with E-state index in [4.69, 9.17) is 0 Å². The third-order valence-electron chi connectivity index (χ3n) is 1.43. The largest absolute Gasteiger partial charge is 0.230 e. The van der Waals surface area contributed by atoms with Crippen LogP contribution in [0.1, 0.15) is 5.69 Å². The third kappa shape index (κ3) is 0.969. The van der Waals surface area contributed by atoms with Crippen LogP contribution in [0.15, 0.2) is 24.5 Å². The fraction of sp³-hybridized carbons (Fsp3) is 0.143. The van der Waals surface area contributed by atoms with Gasteiger partial charge in [-0.3, -0.25) is 0 Å². The van der Waals surface area contributed by atoms with Crippen molar-refractivity contribution in [2.24, 2.45) is 0 Å². The molecule has 1 radical (unpaired) electrons. The Balaban J connectivity index is 2.69. The standard InChI is InChI=1S/C7H6N3O/c11-5-6-4-10-7(9-6)2-1-3-8-10/h1-4H,5H2. The number of imidazole rings is 1. The van der Waals surface area contributed by atoms with Gasteiger partial charge in [0.25, 0.3) is 0 Å². The molecule has 2 rings (SSSR count). The molecule has 2 heterocycles. The van der Waals surface area contributed by atoms with Crippen LogP contribution in [0, 0.1) is 0 Å². The maximum Gasteiger partial charge on any atom is 0.153 e. The van der Waals surface area contributed by atoms with Gasteiger partial charge in [0.1, 0.15) is 6.61 Å². The van der Waals surface area contributed by atoms with Crippen molar-refractivity contribution in [3.05, 3.63) is 30.2 Å². The van der Waals surface area contributed by atoms with Gasteiger partial charge in [-0.15, -0.1) is 0 Å². The Morgan fingerprint density at radius 1 is 1.55 bits per heavy atom. The van der Waals surface area contributed by atoms with Crippen molar-refractivity contribution < 1.29 is 5.11 Å². The minimum Gasteiger partial charge on any atom is -0.230 e. The van der Waals surface area contributed by atoms with Crippen LogP contribution in [0.25, 0.3) is 5.65 Å². The minimum atomic E-state index is -0.288. The number of hydrogen-bond donors (Lipinski definition) is 0. The molecule has 4 heteroatoms. The van der Waals surface area contributed by atoms with Crippen molar-refractivity contribution in [1.29, 1.82) is 0 Å². The van der Waals surface area contributed by atoms with E-state index in [1.54, 1.807) is 23.0 Å². The zero-order valence-electron chi connectivity index (χ0n) is 5.77. The summed E-state index contributed by atoms with van der Waals surface area (Å²) >= 11 is 0. The van der Waals surface area contributed by atoms with Crippen LogP contribution >= 0.6 is 0 Å². The molecule has 0 spiro atoms. The van der Waals surface area contributed by atoms with E-state index in [2.05, 4.69) is 10.1 Å². The van der Waals surface area contributed by atoms with Crippen molar-refractivity contribution in [2.75, 3.05) is 0 Å². The Hall–Kier alpha value is -1.42. The Bertz CT molecular complexity index is 335. The Morgan fingerprint density at radius 3 is 3.18 bits per heavy atom. The second kappa shape index (κ2) is 2.32. The average molecular weight is 148 g/mol. The van der Waals surface area contributed by atoms with Gasteiger partial charge in [-0.05, 0) is 12.1 Å². The maximum atomic E-state index is 10.4. The summed E-state index contributed by atoms with van der Waals surface area (Å²) in [5, 5.41) is 14.4. The number of rotatable bonds is 1. The molecule has 0 atom stereocenters. The molecule has 0 saturated carbocycles. The van der Waals surface area contributed by atoms with E-state index in [-0.39, 0.29) is 6.61 Å². The number of hydrogen-bond acceptors (Lipinski definition) is 2. The Morgan fingerprint density at radius 2 is 2.45 bits per heavy atom.